The first-order valence-electron chi connectivity index (χ1n) is 11.3. The molecule has 33 heavy (non-hydrogen) atoms. The van der Waals surface area contributed by atoms with Crippen LogP contribution in [0.1, 0.15) is 37.3 Å². The van der Waals surface area contributed by atoms with Crippen molar-refractivity contribution in [2.24, 2.45) is 5.92 Å². The van der Waals surface area contributed by atoms with Crippen molar-refractivity contribution < 1.29 is 18.0 Å². The summed E-state index contributed by atoms with van der Waals surface area (Å²) in [4.78, 5) is 27.0. The molecule has 7 nitrogen and oxygen atoms in total. The highest BCUT2D eigenvalue weighted by Gasteiger charge is 2.38. The standard InChI is InChI=1S/C24H28BrN3O4S/c1-2-22(29)28-12-10-18-13-20(25)14-21(23(18)28)33(31,32)27-11-6-9-19(16-27)24(30)26-15-17-7-4-3-5-8-17/h3-5,7-8,13-14,19H,2,6,9-12,15-16H2,1H3,(H,26,30)/t19-/m0/s1. The second kappa shape index (κ2) is 9.95. The Labute approximate surface area is 203 Å². The molecule has 0 bridgehead atoms. The van der Waals surface area contributed by atoms with Crippen LogP contribution in [0.4, 0.5) is 5.69 Å². The molecule has 2 aliphatic rings. The minimum absolute atomic E-state index is 0.0932. The third-order valence-corrected chi connectivity index (χ3v) is 8.62. The zero-order valence-electron chi connectivity index (χ0n) is 18.6. The molecule has 2 aromatic rings. The summed E-state index contributed by atoms with van der Waals surface area (Å²) in [5.74, 6) is -0.642. The fourth-order valence-electron chi connectivity index (χ4n) is 4.55. The first-order chi connectivity index (χ1) is 15.8. The first kappa shape index (κ1) is 23.9. The summed E-state index contributed by atoms with van der Waals surface area (Å²) in [5.41, 5.74) is 2.33. The van der Waals surface area contributed by atoms with Gasteiger partial charge in [0.15, 0.2) is 0 Å². The van der Waals surface area contributed by atoms with Crippen molar-refractivity contribution >= 4 is 43.5 Å². The molecule has 2 amide bonds. The van der Waals surface area contributed by atoms with Gasteiger partial charge < -0.3 is 10.2 Å². The van der Waals surface area contributed by atoms with Gasteiger partial charge in [-0.05, 0) is 42.5 Å². The third-order valence-electron chi connectivity index (χ3n) is 6.28. The van der Waals surface area contributed by atoms with E-state index in [1.807, 2.05) is 36.4 Å². The van der Waals surface area contributed by atoms with Gasteiger partial charge in [0.25, 0.3) is 0 Å². The molecule has 0 radical (unpaired) electrons. The molecule has 9 heteroatoms. The van der Waals surface area contributed by atoms with E-state index in [1.165, 1.54) is 4.31 Å². The van der Waals surface area contributed by atoms with Gasteiger partial charge in [-0.2, -0.15) is 4.31 Å². The number of hydrogen-bond acceptors (Lipinski definition) is 4. The molecule has 176 valence electrons. The first-order valence-corrected chi connectivity index (χ1v) is 13.5. The van der Waals surface area contributed by atoms with E-state index in [0.29, 0.717) is 55.5 Å². The average molecular weight is 534 g/mol. The van der Waals surface area contributed by atoms with E-state index in [4.69, 9.17) is 0 Å². The van der Waals surface area contributed by atoms with Crippen LogP contribution in [0.15, 0.2) is 51.8 Å². The fourth-order valence-corrected chi connectivity index (χ4v) is 6.99. The van der Waals surface area contributed by atoms with Crippen molar-refractivity contribution in [2.45, 2.75) is 44.0 Å². The second-order valence-corrected chi connectivity index (χ2v) is 11.3. The van der Waals surface area contributed by atoms with Crippen LogP contribution in [0.3, 0.4) is 0 Å². The lowest BCUT2D eigenvalue weighted by Crippen LogP contribution is -2.45. The van der Waals surface area contributed by atoms with Crippen LogP contribution < -0.4 is 10.2 Å². The largest absolute Gasteiger partial charge is 0.352 e. The van der Waals surface area contributed by atoms with Crippen LogP contribution in [0.5, 0.6) is 0 Å². The Kier molecular flexibility index (Phi) is 7.21. The molecule has 0 aliphatic carbocycles. The predicted molar refractivity (Wildman–Crippen MR) is 130 cm³/mol. The number of benzene rings is 2. The molecule has 0 aromatic heterocycles. The maximum Gasteiger partial charge on any atom is 0.245 e. The number of piperidine rings is 1. The van der Waals surface area contributed by atoms with E-state index in [0.717, 1.165) is 11.1 Å². The van der Waals surface area contributed by atoms with Gasteiger partial charge in [0.1, 0.15) is 4.90 Å². The van der Waals surface area contributed by atoms with Gasteiger partial charge in [-0.15, -0.1) is 0 Å². The molecule has 4 rings (SSSR count). The Morgan fingerprint density at radius 3 is 2.64 bits per heavy atom. The van der Waals surface area contributed by atoms with E-state index in [1.54, 1.807) is 17.9 Å². The van der Waals surface area contributed by atoms with Gasteiger partial charge >= 0.3 is 0 Å². The van der Waals surface area contributed by atoms with E-state index in [2.05, 4.69) is 21.2 Å². The Bertz CT molecular complexity index is 1150. The van der Waals surface area contributed by atoms with Crippen LogP contribution in [-0.4, -0.2) is 44.2 Å². The van der Waals surface area contributed by atoms with Crippen molar-refractivity contribution in [3.05, 3.63) is 58.1 Å². The van der Waals surface area contributed by atoms with Crippen LogP contribution >= 0.6 is 15.9 Å². The smallest absolute Gasteiger partial charge is 0.245 e. The highest BCUT2D eigenvalue weighted by molar-refractivity contribution is 9.10. The van der Waals surface area contributed by atoms with Crippen LogP contribution in [0.2, 0.25) is 0 Å². The second-order valence-electron chi connectivity index (χ2n) is 8.47. The minimum atomic E-state index is -3.89. The summed E-state index contributed by atoms with van der Waals surface area (Å²) in [6.45, 7) is 3.15. The lowest BCUT2D eigenvalue weighted by Gasteiger charge is -2.32. The third kappa shape index (κ3) is 5.00. The number of sulfonamides is 1. The number of hydrogen-bond donors (Lipinski definition) is 1. The molecule has 1 fully saturated rings. The molecule has 0 saturated carbocycles. The van der Waals surface area contributed by atoms with Gasteiger partial charge in [-0.3, -0.25) is 9.59 Å². The van der Waals surface area contributed by atoms with Gasteiger partial charge in [0.2, 0.25) is 21.8 Å². The molecular formula is C24H28BrN3O4S. The number of carbonyl (C=O) groups excluding carboxylic acids is 2. The number of nitrogens with one attached hydrogen (secondary N) is 1. The van der Waals surface area contributed by atoms with Crippen LogP contribution in [0, 0.1) is 5.92 Å². The van der Waals surface area contributed by atoms with Gasteiger partial charge in [0, 0.05) is 37.1 Å². The summed E-state index contributed by atoms with van der Waals surface area (Å²) in [7, 11) is -3.89. The fraction of sp³-hybridized carbons (Fsp3) is 0.417. The Balaban J connectivity index is 1.55. The summed E-state index contributed by atoms with van der Waals surface area (Å²) >= 11 is 3.43. The molecule has 0 spiro atoms. The summed E-state index contributed by atoms with van der Waals surface area (Å²) in [6, 6.07) is 13.1. The van der Waals surface area contributed by atoms with E-state index in [-0.39, 0.29) is 23.3 Å². The van der Waals surface area contributed by atoms with Crippen molar-refractivity contribution in [1.29, 1.82) is 0 Å². The topological polar surface area (TPSA) is 86.8 Å². The maximum atomic E-state index is 13.7. The normalized spacial score (nSPS) is 18.7. The lowest BCUT2D eigenvalue weighted by atomic mass is 9.99. The van der Waals surface area contributed by atoms with Gasteiger partial charge in [0.05, 0.1) is 11.6 Å². The van der Waals surface area contributed by atoms with Crippen LogP contribution in [0.25, 0.3) is 0 Å². The summed E-state index contributed by atoms with van der Waals surface area (Å²) in [5, 5.41) is 2.94. The maximum absolute atomic E-state index is 13.7. The lowest BCUT2D eigenvalue weighted by molar-refractivity contribution is -0.126. The van der Waals surface area contributed by atoms with Crippen molar-refractivity contribution in [1.82, 2.24) is 9.62 Å². The number of fused-ring (bicyclic) bond motifs is 1. The average Bonchev–Trinajstić information content (AvgIpc) is 3.25. The molecular weight excluding hydrogens is 506 g/mol. The molecule has 1 saturated heterocycles. The number of anilines is 1. The van der Waals surface area contributed by atoms with Gasteiger partial charge in [-0.25, -0.2) is 8.42 Å². The number of nitrogens with zero attached hydrogens (tertiary/aromatic N) is 2. The monoisotopic (exact) mass is 533 g/mol. The van der Waals surface area contributed by atoms with E-state index >= 15 is 0 Å². The highest BCUT2D eigenvalue weighted by atomic mass is 79.9. The Morgan fingerprint density at radius 2 is 1.91 bits per heavy atom. The van der Waals surface area contributed by atoms with Crippen LogP contribution in [-0.2, 0) is 32.6 Å². The summed E-state index contributed by atoms with van der Waals surface area (Å²) < 4.78 is 29.5. The molecule has 2 heterocycles. The molecule has 1 atom stereocenters. The van der Waals surface area contributed by atoms with Gasteiger partial charge in [-0.1, -0.05) is 53.2 Å². The quantitative estimate of drug-likeness (QED) is 0.615. The molecule has 1 N–H and O–H groups in total. The highest BCUT2D eigenvalue weighted by Crippen LogP contribution is 2.39. The zero-order chi connectivity index (χ0) is 23.6. The number of carbonyl (C=O) groups is 2. The van der Waals surface area contributed by atoms with E-state index in [9.17, 15) is 18.0 Å². The number of halogens is 1. The Morgan fingerprint density at radius 1 is 1.15 bits per heavy atom. The Hall–Kier alpha value is -2.23. The zero-order valence-corrected chi connectivity index (χ0v) is 21.0. The van der Waals surface area contributed by atoms with E-state index < -0.39 is 15.9 Å². The number of rotatable bonds is 6. The molecule has 2 aliphatic heterocycles. The van der Waals surface area contributed by atoms with Crippen molar-refractivity contribution in [3.8, 4) is 0 Å². The number of amides is 2. The van der Waals surface area contributed by atoms with Crippen molar-refractivity contribution in [2.75, 3.05) is 24.5 Å². The molecule has 2 aromatic carbocycles. The SMILES string of the molecule is CCC(=O)N1CCc2cc(Br)cc(S(=O)(=O)N3CCC[C@H](C(=O)NCc4ccccc4)C3)c21. The minimum Gasteiger partial charge on any atom is -0.352 e. The summed E-state index contributed by atoms with van der Waals surface area (Å²) in [6.07, 6.45) is 2.18. The predicted octanol–water partition coefficient (Wildman–Crippen LogP) is 3.47. The van der Waals surface area contributed by atoms with Crippen molar-refractivity contribution in [3.63, 3.8) is 0 Å². The molecule has 0 unspecified atom stereocenters.